The molecular formula is C23H30N2O2S. The third-order valence-electron chi connectivity index (χ3n) is 4.73. The standard InChI is InChI=1S/C23H30N2O2S/c1-6-27-21(26)18-12-13-20(16(2)14-18)25-22(28)24-17(3)15-23(4,5)19-10-8-7-9-11-19/h7-14,17H,6,15H2,1-5H3,(H2,24,25,28)/t17-/m1/s1. The van der Waals surface area contributed by atoms with E-state index in [1.54, 1.807) is 13.0 Å². The van der Waals surface area contributed by atoms with E-state index in [1.165, 1.54) is 5.56 Å². The molecule has 28 heavy (non-hydrogen) atoms. The first kappa shape index (κ1) is 21.9. The second-order valence-corrected chi connectivity index (χ2v) is 8.11. The number of carbonyl (C=O) groups is 1. The molecule has 0 amide bonds. The van der Waals surface area contributed by atoms with E-state index in [2.05, 4.69) is 55.7 Å². The third-order valence-corrected chi connectivity index (χ3v) is 4.95. The van der Waals surface area contributed by atoms with Crippen LogP contribution >= 0.6 is 12.2 Å². The van der Waals surface area contributed by atoms with E-state index in [9.17, 15) is 4.79 Å². The third kappa shape index (κ3) is 6.06. The van der Waals surface area contributed by atoms with Crippen molar-refractivity contribution in [2.75, 3.05) is 11.9 Å². The minimum Gasteiger partial charge on any atom is -0.462 e. The Morgan fingerprint density at radius 1 is 1.18 bits per heavy atom. The molecule has 2 rings (SSSR count). The van der Waals surface area contributed by atoms with Crippen LogP contribution < -0.4 is 10.6 Å². The van der Waals surface area contributed by atoms with E-state index in [-0.39, 0.29) is 17.4 Å². The number of nitrogens with one attached hydrogen (secondary N) is 2. The monoisotopic (exact) mass is 398 g/mol. The Morgan fingerprint density at radius 2 is 1.86 bits per heavy atom. The number of ether oxygens (including phenoxy) is 1. The van der Waals surface area contributed by atoms with Crippen molar-refractivity contribution in [3.8, 4) is 0 Å². The molecule has 0 radical (unpaired) electrons. The summed E-state index contributed by atoms with van der Waals surface area (Å²) in [5, 5.41) is 7.17. The number of anilines is 1. The Kier molecular flexibility index (Phi) is 7.58. The van der Waals surface area contributed by atoms with Gasteiger partial charge in [-0.05, 0) is 74.2 Å². The number of aryl methyl sites for hydroxylation is 1. The summed E-state index contributed by atoms with van der Waals surface area (Å²) in [7, 11) is 0. The van der Waals surface area contributed by atoms with Crippen LogP contribution in [0.5, 0.6) is 0 Å². The van der Waals surface area contributed by atoms with Gasteiger partial charge in [-0.15, -0.1) is 0 Å². The van der Waals surface area contributed by atoms with Gasteiger partial charge in [0.05, 0.1) is 12.2 Å². The minimum absolute atomic E-state index is 0.0422. The molecule has 0 fully saturated rings. The number of rotatable bonds is 7. The van der Waals surface area contributed by atoms with E-state index >= 15 is 0 Å². The summed E-state index contributed by atoms with van der Waals surface area (Å²) < 4.78 is 5.04. The van der Waals surface area contributed by atoms with E-state index in [1.807, 2.05) is 25.1 Å². The molecule has 5 heteroatoms. The molecule has 0 aliphatic carbocycles. The maximum Gasteiger partial charge on any atom is 0.338 e. The zero-order valence-electron chi connectivity index (χ0n) is 17.3. The van der Waals surface area contributed by atoms with Gasteiger partial charge in [0.2, 0.25) is 0 Å². The Hall–Kier alpha value is -2.40. The Labute approximate surface area is 173 Å². The van der Waals surface area contributed by atoms with Gasteiger partial charge in [-0.1, -0.05) is 44.2 Å². The second kappa shape index (κ2) is 9.69. The number of hydrogen-bond donors (Lipinski definition) is 2. The van der Waals surface area contributed by atoms with Crippen molar-refractivity contribution in [1.82, 2.24) is 5.32 Å². The average Bonchev–Trinajstić information content (AvgIpc) is 2.63. The summed E-state index contributed by atoms with van der Waals surface area (Å²) >= 11 is 5.49. The lowest BCUT2D eigenvalue weighted by Crippen LogP contribution is -2.39. The highest BCUT2D eigenvalue weighted by Gasteiger charge is 2.23. The predicted molar refractivity (Wildman–Crippen MR) is 120 cm³/mol. The Bertz CT molecular complexity index is 819. The number of carbonyl (C=O) groups excluding carboxylic acids is 1. The second-order valence-electron chi connectivity index (χ2n) is 7.70. The zero-order chi connectivity index (χ0) is 20.7. The minimum atomic E-state index is -0.311. The summed E-state index contributed by atoms with van der Waals surface area (Å²) in [5.74, 6) is -0.311. The topological polar surface area (TPSA) is 50.4 Å². The smallest absolute Gasteiger partial charge is 0.338 e. The molecule has 0 spiro atoms. The lowest BCUT2D eigenvalue weighted by Gasteiger charge is -2.30. The summed E-state index contributed by atoms with van der Waals surface area (Å²) in [6.45, 7) is 10.7. The van der Waals surface area contributed by atoms with Gasteiger partial charge in [-0.3, -0.25) is 0 Å². The van der Waals surface area contributed by atoms with E-state index in [4.69, 9.17) is 17.0 Å². The van der Waals surface area contributed by atoms with Gasteiger partial charge in [-0.2, -0.15) is 0 Å². The van der Waals surface area contributed by atoms with Gasteiger partial charge in [0, 0.05) is 11.7 Å². The van der Waals surface area contributed by atoms with Crippen LogP contribution in [0.2, 0.25) is 0 Å². The SMILES string of the molecule is CCOC(=O)c1ccc(NC(=S)N[C@H](C)CC(C)(C)c2ccccc2)c(C)c1. The van der Waals surface area contributed by atoms with E-state index in [0.29, 0.717) is 17.3 Å². The fraction of sp³-hybridized carbons (Fsp3) is 0.391. The van der Waals surface area contributed by atoms with Crippen LogP contribution in [-0.4, -0.2) is 23.7 Å². The molecule has 0 aromatic heterocycles. The highest BCUT2D eigenvalue weighted by Crippen LogP contribution is 2.28. The number of benzene rings is 2. The number of thiocarbonyl (C=S) groups is 1. The molecular weight excluding hydrogens is 368 g/mol. The van der Waals surface area contributed by atoms with E-state index < -0.39 is 0 Å². The first-order valence-corrected chi connectivity index (χ1v) is 10.0. The molecule has 2 N–H and O–H groups in total. The molecule has 0 saturated heterocycles. The molecule has 0 aliphatic rings. The maximum absolute atomic E-state index is 11.8. The Balaban J connectivity index is 1.95. The van der Waals surface area contributed by atoms with Crippen LogP contribution in [0.15, 0.2) is 48.5 Å². The van der Waals surface area contributed by atoms with Crippen molar-refractivity contribution in [2.45, 2.75) is 52.5 Å². The number of hydrogen-bond acceptors (Lipinski definition) is 3. The van der Waals surface area contributed by atoms with Gasteiger partial charge in [0.1, 0.15) is 0 Å². The molecule has 0 bridgehead atoms. The zero-order valence-corrected chi connectivity index (χ0v) is 18.2. The van der Waals surface area contributed by atoms with Crippen LogP contribution in [0.25, 0.3) is 0 Å². The van der Waals surface area contributed by atoms with Crippen molar-refractivity contribution in [2.24, 2.45) is 0 Å². The molecule has 4 nitrogen and oxygen atoms in total. The molecule has 1 atom stereocenters. The first-order chi connectivity index (χ1) is 13.2. The highest BCUT2D eigenvalue weighted by atomic mass is 32.1. The maximum atomic E-state index is 11.8. The van der Waals surface area contributed by atoms with Crippen LogP contribution in [-0.2, 0) is 10.2 Å². The lowest BCUT2D eigenvalue weighted by molar-refractivity contribution is 0.0526. The largest absolute Gasteiger partial charge is 0.462 e. The van der Waals surface area contributed by atoms with Gasteiger partial charge >= 0.3 is 5.97 Å². The lowest BCUT2D eigenvalue weighted by atomic mass is 9.79. The number of esters is 1. The molecule has 0 heterocycles. The van der Waals surface area contributed by atoms with Crippen LogP contribution in [0, 0.1) is 6.92 Å². The summed E-state index contributed by atoms with van der Waals surface area (Å²) in [4.78, 5) is 11.8. The van der Waals surface area contributed by atoms with E-state index in [0.717, 1.165) is 17.7 Å². The highest BCUT2D eigenvalue weighted by molar-refractivity contribution is 7.80. The van der Waals surface area contributed by atoms with Crippen LogP contribution in [0.3, 0.4) is 0 Å². The quantitative estimate of drug-likeness (QED) is 0.495. The summed E-state index contributed by atoms with van der Waals surface area (Å²) in [5.41, 5.74) is 3.71. The van der Waals surface area contributed by atoms with Crippen LogP contribution in [0.4, 0.5) is 5.69 Å². The van der Waals surface area contributed by atoms with Crippen molar-refractivity contribution in [1.29, 1.82) is 0 Å². The van der Waals surface area contributed by atoms with Crippen LogP contribution in [0.1, 0.15) is 55.6 Å². The average molecular weight is 399 g/mol. The molecule has 0 aliphatic heterocycles. The van der Waals surface area contributed by atoms with Crippen molar-refractivity contribution in [3.05, 3.63) is 65.2 Å². The fourth-order valence-corrected chi connectivity index (χ4v) is 3.66. The van der Waals surface area contributed by atoms with Gasteiger partial charge in [-0.25, -0.2) is 4.79 Å². The molecule has 2 aromatic rings. The molecule has 2 aromatic carbocycles. The van der Waals surface area contributed by atoms with Gasteiger partial charge in [0.25, 0.3) is 0 Å². The molecule has 0 saturated carbocycles. The van der Waals surface area contributed by atoms with Crippen molar-refractivity contribution in [3.63, 3.8) is 0 Å². The van der Waals surface area contributed by atoms with Crippen molar-refractivity contribution >= 4 is 29.0 Å². The fourth-order valence-electron chi connectivity index (χ4n) is 3.35. The Morgan fingerprint density at radius 3 is 2.46 bits per heavy atom. The summed E-state index contributed by atoms with van der Waals surface area (Å²) in [6.07, 6.45) is 0.944. The van der Waals surface area contributed by atoms with Gasteiger partial charge in [0.15, 0.2) is 5.11 Å². The predicted octanol–water partition coefficient (Wildman–Crippen LogP) is 5.21. The molecule has 150 valence electrons. The van der Waals surface area contributed by atoms with Crippen molar-refractivity contribution < 1.29 is 9.53 Å². The first-order valence-electron chi connectivity index (χ1n) is 9.63. The summed E-state index contributed by atoms with van der Waals surface area (Å²) in [6, 6.07) is 16.1. The normalized spacial score (nSPS) is 12.2. The van der Waals surface area contributed by atoms with Gasteiger partial charge < -0.3 is 15.4 Å². The molecule has 0 unspecified atom stereocenters.